The zero-order chi connectivity index (χ0) is 16.1. The number of rotatable bonds is 5. The predicted octanol–water partition coefficient (Wildman–Crippen LogP) is 2.20. The molecule has 0 saturated heterocycles. The van der Waals surface area contributed by atoms with Crippen molar-refractivity contribution in [2.24, 2.45) is 0 Å². The van der Waals surface area contributed by atoms with Gasteiger partial charge in [-0.1, -0.05) is 6.42 Å². The van der Waals surface area contributed by atoms with Crippen LogP contribution in [-0.2, 0) is 11.3 Å². The Bertz CT molecular complexity index is 625. The number of aliphatic hydroxyl groups excluding tert-OH is 1. The van der Waals surface area contributed by atoms with Gasteiger partial charge in [0.1, 0.15) is 18.4 Å². The number of benzene rings is 1. The average Bonchev–Trinajstić information content (AvgIpc) is 3.04. The van der Waals surface area contributed by atoms with E-state index >= 15 is 0 Å². The molecule has 122 valence electrons. The molecule has 2 unspecified atom stereocenters. The van der Waals surface area contributed by atoms with Crippen LogP contribution in [0.1, 0.15) is 25.7 Å². The molecular weight excluding hydrogens is 294 g/mol. The first kappa shape index (κ1) is 15.6. The van der Waals surface area contributed by atoms with Gasteiger partial charge in [-0.25, -0.2) is 0 Å². The second-order valence-corrected chi connectivity index (χ2v) is 5.78. The number of nitrogens with one attached hydrogen (secondary N) is 1. The van der Waals surface area contributed by atoms with Gasteiger partial charge in [0.2, 0.25) is 5.91 Å². The second kappa shape index (κ2) is 7.28. The number of hydrogen-bond acceptors (Lipinski definition) is 4. The molecule has 2 aromatic rings. The lowest BCUT2D eigenvalue weighted by molar-refractivity contribution is -0.116. The zero-order valence-corrected chi connectivity index (χ0v) is 12.9. The molecule has 1 heterocycles. The number of nitrogens with zero attached hydrogens (tertiary/aromatic N) is 2. The summed E-state index contributed by atoms with van der Waals surface area (Å²) in [6, 6.07) is 8.99. The summed E-state index contributed by atoms with van der Waals surface area (Å²) in [7, 11) is 0. The number of amides is 1. The minimum atomic E-state index is -0.391. The van der Waals surface area contributed by atoms with Crippen molar-refractivity contribution in [3.8, 4) is 5.75 Å². The largest absolute Gasteiger partial charge is 0.488 e. The minimum absolute atomic E-state index is 0.134. The van der Waals surface area contributed by atoms with Gasteiger partial charge in [0.05, 0.1) is 6.10 Å². The fourth-order valence-corrected chi connectivity index (χ4v) is 2.75. The number of carbonyl (C=O) groups excluding carboxylic acids is 1. The number of aliphatic hydroxyl groups is 1. The van der Waals surface area contributed by atoms with Gasteiger partial charge in [-0.15, -0.1) is 0 Å². The van der Waals surface area contributed by atoms with E-state index in [4.69, 9.17) is 4.74 Å². The topological polar surface area (TPSA) is 76.4 Å². The quantitative estimate of drug-likeness (QED) is 0.887. The summed E-state index contributed by atoms with van der Waals surface area (Å²) >= 11 is 0. The third-order valence-corrected chi connectivity index (χ3v) is 3.96. The number of ether oxygens (including phenoxy) is 1. The van der Waals surface area contributed by atoms with E-state index in [2.05, 4.69) is 10.4 Å². The Balaban J connectivity index is 1.53. The molecule has 1 amide bonds. The summed E-state index contributed by atoms with van der Waals surface area (Å²) in [5.74, 6) is 0.575. The van der Waals surface area contributed by atoms with Gasteiger partial charge in [-0.05, 0) is 49.6 Å². The molecule has 2 N–H and O–H groups in total. The van der Waals surface area contributed by atoms with Crippen molar-refractivity contribution in [1.29, 1.82) is 0 Å². The molecule has 0 aliphatic heterocycles. The van der Waals surface area contributed by atoms with E-state index in [-0.39, 0.29) is 18.6 Å². The molecule has 6 nitrogen and oxygen atoms in total. The Morgan fingerprint density at radius 1 is 1.30 bits per heavy atom. The van der Waals surface area contributed by atoms with Crippen molar-refractivity contribution in [2.45, 2.75) is 44.4 Å². The summed E-state index contributed by atoms with van der Waals surface area (Å²) in [4.78, 5) is 11.9. The smallest absolute Gasteiger partial charge is 0.246 e. The molecule has 0 radical (unpaired) electrons. The summed E-state index contributed by atoms with van der Waals surface area (Å²) < 4.78 is 7.40. The summed E-state index contributed by atoms with van der Waals surface area (Å²) in [6.45, 7) is 0.180. The molecule has 1 aromatic carbocycles. The van der Waals surface area contributed by atoms with E-state index in [1.165, 1.54) is 0 Å². The Kier molecular flexibility index (Phi) is 4.92. The number of carbonyl (C=O) groups is 1. The van der Waals surface area contributed by atoms with Crippen LogP contribution in [0.15, 0.2) is 42.7 Å². The molecular formula is C17H21N3O3. The zero-order valence-electron chi connectivity index (χ0n) is 12.9. The van der Waals surface area contributed by atoms with E-state index in [0.29, 0.717) is 11.4 Å². The fraction of sp³-hybridized carbons (Fsp3) is 0.412. The fourth-order valence-electron chi connectivity index (χ4n) is 2.75. The van der Waals surface area contributed by atoms with Crippen LogP contribution in [-0.4, -0.2) is 33.0 Å². The van der Waals surface area contributed by atoms with E-state index in [1.807, 2.05) is 12.1 Å². The van der Waals surface area contributed by atoms with Crippen LogP contribution in [0.3, 0.4) is 0 Å². The molecule has 1 saturated carbocycles. The van der Waals surface area contributed by atoms with E-state index < -0.39 is 6.10 Å². The number of anilines is 1. The van der Waals surface area contributed by atoms with Gasteiger partial charge in [0, 0.05) is 18.1 Å². The lowest BCUT2D eigenvalue weighted by atomic mass is 9.95. The highest BCUT2D eigenvalue weighted by molar-refractivity contribution is 5.90. The van der Waals surface area contributed by atoms with Crippen LogP contribution < -0.4 is 10.1 Å². The maximum atomic E-state index is 11.9. The maximum absolute atomic E-state index is 11.9. The maximum Gasteiger partial charge on any atom is 0.246 e. The Hall–Kier alpha value is -2.34. The molecule has 2 atom stereocenters. The van der Waals surface area contributed by atoms with Gasteiger partial charge in [-0.3, -0.25) is 9.48 Å². The van der Waals surface area contributed by atoms with Crippen LogP contribution in [0.2, 0.25) is 0 Å². The minimum Gasteiger partial charge on any atom is -0.488 e. The van der Waals surface area contributed by atoms with Gasteiger partial charge in [0.25, 0.3) is 0 Å². The van der Waals surface area contributed by atoms with Crippen LogP contribution >= 0.6 is 0 Å². The lowest BCUT2D eigenvalue weighted by Gasteiger charge is -2.28. The normalized spacial score (nSPS) is 20.9. The Morgan fingerprint density at radius 2 is 2.09 bits per heavy atom. The molecule has 3 rings (SSSR count). The molecule has 1 fully saturated rings. The molecule has 1 aromatic heterocycles. The van der Waals surface area contributed by atoms with Crippen molar-refractivity contribution < 1.29 is 14.6 Å². The summed E-state index contributed by atoms with van der Waals surface area (Å²) in [5.41, 5.74) is 0.707. The van der Waals surface area contributed by atoms with Gasteiger partial charge < -0.3 is 15.2 Å². The molecule has 23 heavy (non-hydrogen) atoms. The molecule has 1 aliphatic carbocycles. The highest BCUT2D eigenvalue weighted by Gasteiger charge is 2.24. The van der Waals surface area contributed by atoms with Gasteiger partial charge >= 0.3 is 0 Å². The lowest BCUT2D eigenvalue weighted by Crippen LogP contribution is -2.34. The standard InChI is InChI=1S/C17H21N3O3/c21-15-4-1-2-5-16(15)23-14-8-6-13(7-9-14)19-17(22)12-20-11-3-10-18-20/h3,6-11,15-16,21H,1-2,4-5,12H2,(H,19,22). The number of hydrogen-bond donors (Lipinski definition) is 2. The highest BCUT2D eigenvalue weighted by atomic mass is 16.5. The van der Waals surface area contributed by atoms with E-state index in [9.17, 15) is 9.90 Å². The first-order valence-corrected chi connectivity index (χ1v) is 7.93. The van der Waals surface area contributed by atoms with Crippen molar-refractivity contribution >= 4 is 11.6 Å². The highest BCUT2D eigenvalue weighted by Crippen LogP contribution is 2.24. The monoisotopic (exact) mass is 315 g/mol. The van der Waals surface area contributed by atoms with Crippen molar-refractivity contribution in [3.05, 3.63) is 42.7 Å². The average molecular weight is 315 g/mol. The molecule has 0 bridgehead atoms. The first-order chi connectivity index (χ1) is 11.2. The van der Waals surface area contributed by atoms with Crippen LogP contribution in [0, 0.1) is 0 Å². The van der Waals surface area contributed by atoms with Crippen LogP contribution in [0.25, 0.3) is 0 Å². The van der Waals surface area contributed by atoms with Crippen molar-refractivity contribution in [2.75, 3.05) is 5.32 Å². The summed E-state index contributed by atoms with van der Waals surface area (Å²) in [5, 5.41) is 16.7. The van der Waals surface area contributed by atoms with E-state index in [0.717, 1.165) is 25.7 Å². The third-order valence-electron chi connectivity index (χ3n) is 3.96. The second-order valence-electron chi connectivity index (χ2n) is 5.78. The van der Waals surface area contributed by atoms with Crippen molar-refractivity contribution in [1.82, 2.24) is 9.78 Å². The summed E-state index contributed by atoms with van der Waals surface area (Å²) in [6.07, 6.45) is 6.67. The SMILES string of the molecule is O=C(Cn1cccn1)Nc1ccc(OC2CCCCC2O)cc1. The van der Waals surface area contributed by atoms with Crippen LogP contribution in [0.4, 0.5) is 5.69 Å². The molecule has 6 heteroatoms. The third kappa shape index (κ3) is 4.32. The van der Waals surface area contributed by atoms with Gasteiger partial charge in [0.15, 0.2) is 0 Å². The molecule has 1 aliphatic rings. The first-order valence-electron chi connectivity index (χ1n) is 7.93. The number of aromatic nitrogens is 2. The Morgan fingerprint density at radius 3 is 2.78 bits per heavy atom. The Labute approximate surface area is 135 Å². The van der Waals surface area contributed by atoms with Crippen LogP contribution in [0.5, 0.6) is 5.75 Å². The predicted molar refractivity (Wildman–Crippen MR) is 86.2 cm³/mol. The molecule has 0 spiro atoms. The van der Waals surface area contributed by atoms with Crippen molar-refractivity contribution in [3.63, 3.8) is 0 Å². The van der Waals surface area contributed by atoms with E-state index in [1.54, 1.807) is 35.3 Å². The van der Waals surface area contributed by atoms with Gasteiger partial charge in [-0.2, -0.15) is 5.10 Å².